The molecule has 2 unspecified atom stereocenters. The lowest BCUT2D eigenvalue weighted by Gasteiger charge is -2.40. The molecule has 8 nitrogen and oxygen atoms in total. The first-order chi connectivity index (χ1) is 16.5. The second kappa shape index (κ2) is 9.48. The highest BCUT2D eigenvalue weighted by molar-refractivity contribution is 6.06. The van der Waals surface area contributed by atoms with Crippen molar-refractivity contribution in [3.8, 4) is 0 Å². The number of anilines is 1. The van der Waals surface area contributed by atoms with Crippen molar-refractivity contribution < 1.29 is 18.7 Å². The van der Waals surface area contributed by atoms with Gasteiger partial charge < -0.3 is 20.7 Å². The molecule has 1 aliphatic heterocycles. The zero-order valence-electron chi connectivity index (χ0n) is 20.3. The molecular weight excluding hydrogens is 449 g/mol. The monoisotopic (exact) mass is 479 g/mol. The Morgan fingerprint density at radius 1 is 1.20 bits per heavy atom. The molecule has 2 aromatic carbocycles. The normalized spacial score (nSPS) is 18.4. The maximum atomic E-state index is 14.4. The fourth-order valence-corrected chi connectivity index (χ4v) is 4.41. The SMILES string of the molecule is Cc1ccc(C2CCN(C(=O)OC(C)(C)C)CC2Nc2ncnc3c(C(N)=O)cccc23)cc1F. The van der Waals surface area contributed by atoms with E-state index in [0.717, 1.165) is 5.56 Å². The minimum atomic E-state index is -0.620. The van der Waals surface area contributed by atoms with E-state index in [2.05, 4.69) is 15.3 Å². The van der Waals surface area contributed by atoms with Gasteiger partial charge in [-0.2, -0.15) is 0 Å². The van der Waals surface area contributed by atoms with E-state index >= 15 is 0 Å². The van der Waals surface area contributed by atoms with Crippen molar-refractivity contribution in [3.63, 3.8) is 0 Å². The summed E-state index contributed by atoms with van der Waals surface area (Å²) in [6, 6.07) is 10.1. The number of hydrogen-bond acceptors (Lipinski definition) is 6. The van der Waals surface area contributed by atoms with Gasteiger partial charge in [0, 0.05) is 24.4 Å². The fraction of sp³-hybridized carbons (Fsp3) is 0.385. The van der Waals surface area contributed by atoms with Gasteiger partial charge in [0.1, 0.15) is 23.6 Å². The molecule has 184 valence electrons. The minimum Gasteiger partial charge on any atom is -0.444 e. The topological polar surface area (TPSA) is 110 Å². The summed E-state index contributed by atoms with van der Waals surface area (Å²) < 4.78 is 20.0. The van der Waals surface area contributed by atoms with E-state index in [1.165, 1.54) is 6.33 Å². The van der Waals surface area contributed by atoms with Crippen LogP contribution in [0.3, 0.4) is 0 Å². The van der Waals surface area contributed by atoms with Crippen molar-refractivity contribution >= 4 is 28.7 Å². The van der Waals surface area contributed by atoms with Crippen molar-refractivity contribution in [2.75, 3.05) is 18.4 Å². The van der Waals surface area contributed by atoms with Crippen LogP contribution in [-0.2, 0) is 4.74 Å². The second-order valence-electron chi connectivity index (χ2n) is 9.87. The number of halogens is 1. The first-order valence-electron chi connectivity index (χ1n) is 11.6. The Balaban J connectivity index is 1.70. The van der Waals surface area contributed by atoms with Gasteiger partial charge in [0.2, 0.25) is 0 Å². The first kappa shape index (κ1) is 24.4. The number of para-hydroxylation sites is 1. The van der Waals surface area contributed by atoms with Gasteiger partial charge in [-0.15, -0.1) is 0 Å². The number of aryl methyl sites for hydroxylation is 1. The van der Waals surface area contributed by atoms with E-state index in [1.807, 2.05) is 26.8 Å². The molecule has 4 rings (SSSR count). The van der Waals surface area contributed by atoms with Gasteiger partial charge in [-0.05, 0) is 63.4 Å². The van der Waals surface area contributed by atoms with E-state index in [4.69, 9.17) is 10.5 Å². The molecule has 2 amide bonds. The molecule has 0 aliphatic carbocycles. The zero-order chi connectivity index (χ0) is 25.3. The number of nitrogens with one attached hydrogen (secondary N) is 1. The average molecular weight is 480 g/mol. The lowest BCUT2D eigenvalue weighted by Crippen LogP contribution is -2.50. The summed E-state index contributed by atoms with van der Waals surface area (Å²) in [4.78, 5) is 35.0. The summed E-state index contributed by atoms with van der Waals surface area (Å²) in [6.45, 7) is 8.01. The number of likely N-dealkylation sites (tertiary alicyclic amines) is 1. The van der Waals surface area contributed by atoms with E-state index in [-0.39, 0.29) is 17.8 Å². The number of benzene rings is 2. The van der Waals surface area contributed by atoms with Crippen LogP contribution in [0.15, 0.2) is 42.7 Å². The Labute approximate surface area is 203 Å². The molecule has 9 heteroatoms. The van der Waals surface area contributed by atoms with Gasteiger partial charge in [0.05, 0.1) is 17.1 Å². The number of amides is 2. The molecule has 0 radical (unpaired) electrons. The highest BCUT2D eigenvalue weighted by Crippen LogP contribution is 2.33. The molecule has 1 aromatic heterocycles. The Hall–Kier alpha value is -3.75. The maximum Gasteiger partial charge on any atom is 0.410 e. The molecular formula is C26H30FN5O3. The highest BCUT2D eigenvalue weighted by Gasteiger charge is 2.35. The van der Waals surface area contributed by atoms with E-state index in [1.54, 1.807) is 42.2 Å². The van der Waals surface area contributed by atoms with Crippen LogP contribution in [0.4, 0.5) is 15.0 Å². The molecule has 3 N–H and O–H groups in total. The van der Waals surface area contributed by atoms with Crippen LogP contribution in [0.1, 0.15) is 54.6 Å². The summed E-state index contributed by atoms with van der Waals surface area (Å²) >= 11 is 0. The van der Waals surface area contributed by atoms with Crippen LogP contribution in [0.5, 0.6) is 0 Å². The predicted molar refractivity (Wildman–Crippen MR) is 132 cm³/mol. The molecule has 0 spiro atoms. The lowest BCUT2D eigenvalue weighted by molar-refractivity contribution is 0.0193. The molecule has 2 heterocycles. The number of aromatic nitrogens is 2. The number of ether oxygens (including phenoxy) is 1. The third kappa shape index (κ3) is 5.34. The zero-order valence-corrected chi connectivity index (χ0v) is 20.3. The predicted octanol–water partition coefficient (Wildman–Crippen LogP) is 4.38. The molecule has 35 heavy (non-hydrogen) atoms. The highest BCUT2D eigenvalue weighted by atomic mass is 19.1. The van der Waals surface area contributed by atoms with Crippen molar-refractivity contribution in [1.82, 2.24) is 14.9 Å². The number of rotatable bonds is 4. The Morgan fingerprint density at radius 2 is 1.97 bits per heavy atom. The van der Waals surface area contributed by atoms with Gasteiger partial charge in [-0.25, -0.2) is 19.2 Å². The number of carbonyl (C=O) groups excluding carboxylic acids is 2. The van der Waals surface area contributed by atoms with Crippen LogP contribution >= 0.6 is 0 Å². The molecule has 1 aliphatic rings. The van der Waals surface area contributed by atoms with Crippen LogP contribution in [0, 0.1) is 12.7 Å². The molecule has 1 saturated heterocycles. The Bertz CT molecular complexity index is 1270. The number of nitrogens with two attached hydrogens (primary N) is 1. The second-order valence-corrected chi connectivity index (χ2v) is 9.87. The summed E-state index contributed by atoms with van der Waals surface area (Å²) in [5.41, 5.74) is 7.06. The lowest BCUT2D eigenvalue weighted by atomic mass is 9.84. The number of piperidine rings is 1. The Morgan fingerprint density at radius 3 is 2.66 bits per heavy atom. The number of nitrogens with zero attached hydrogens (tertiary/aromatic N) is 3. The van der Waals surface area contributed by atoms with Gasteiger partial charge >= 0.3 is 6.09 Å². The van der Waals surface area contributed by atoms with Crippen molar-refractivity contribution in [2.24, 2.45) is 5.73 Å². The van der Waals surface area contributed by atoms with Crippen LogP contribution in [0.2, 0.25) is 0 Å². The molecule has 0 bridgehead atoms. The van der Waals surface area contributed by atoms with E-state index in [9.17, 15) is 14.0 Å². The molecule has 1 fully saturated rings. The Kier molecular flexibility index (Phi) is 6.60. The van der Waals surface area contributed by atoms with Crippen molar-refractivity contribution in [2.45, 2.75) is 51.7 Å². The number of primary amides is 1. The quantitative estimate of drug-likeness (QED) is 0.575. The van der Waals surface area contributed by atoms with E-state index in [0.29, 0.717) is 47.4 Å². The van der Waals surface area contributed by atoms with Crippen molar-refractivity contribution in [3.05, 3.63) is 65.2 Å². The summed E-state index contributed by atoms with van der Waals surface area (Å²) in [5.74, 6) is -0.434. The fourth-order valence-electron chi connectivity index (χ4n) is 4.41. The van der Waals surface area contributed by atoms with Crippen LogP contribution in [0.25, 0.3) is 10.9 Å². The smallest absolute Gasteiger partial charge is 0.410 e. The van der Waals surface area contributed by atoms with Crippen LogP contribution < -0.4 is 11.1 Å². The first-order valence-corrected chi connectivity index (χ1v) is 11.6. The summed E-state index contributed by atoms with van der Waals surface area (Å²) in [5, 5.41) is 4.08. The van der Waals surface area contributed by atoms with E-state index < -0.39 is 17.6 Å². The van der Waals surface area contributed by atoms with Crippen LogP contribution in [-0.4, -0.2) is 51.6 Å². The third-order valence-electron chi connectivity index (χ3n) is 6.14. The third-order valence-corrected chi connectivity index (χ3v) is 6.14. The number of fused-ring (bicyclic) bond motifs is 1. The van der Waals surface area contributed by atoms with Gasteiger partial charge in [0.25, 0.3) is 5.91 Å². The number of hydrogen-bond donors (Lipinski definition) is 2. The minimum absolute atomic E-state index is 0.0897. The standard InChI is InChI=1S/C26H30FN5O3/c1-15-8-9-16(12-20(15)27)17-10-11-32(25(34)35-26(2,3)4)13-21(17)31-24-19-7-5-6-18(23(28)33)22(19)29-14-30-24/h5-9,12,14,17,21H,10-11,13H2,1-4H3,(H2,28,33)(H,29,30,31). The maximum absolute atomic E-state index is 14.4. The van der Waals surface area contributed by atoms with Gasteiger partial charge in [-0.3, -0.25) is 4.79 Å². The molecule has 0 saturated carbocycles. The average Bonchev–Trinajstić information content (AvgIpc) is 2.79. The summed E-state index contributed by atoms with van der Waals surface area (Å²) in [6.07, 6.45) is 1.57. The van der Waals surface area contributed by atoms with Crippen molar-refractivity contribution in [1.29, 1.82) is 0 Å². The van der Waals surface area contributed by atoms with Gasteiger partial charge in [-0.1, -0.05) is 18.2 Å². The summed E-state index contributed by atoms with van der Waals surface area (Å²) in [7, 11) is 0. The largest absolute Gasteiger partial charge is 0.444 e. The molecule has 2 atom stereocenters. The van der Waals surface area contributed by atoms with Gasteiger partial charge in [0.15, 0.2) is 0 Å². The molecule has 3 aromatic rings. The number of carbonyl (C=O) groups is 2.